The van der Waals surface area contributed by atoms with Crippen LogP contribution in [0, 0.1) is 0 Å². The average Bonchev–Trinajstić information content (AvgIpc) is 2.25. The number of benzene rings is 1. The fourth-order valence-corrected chi connectivity index (χ4v) is 1.26. The van der Waals surface area contributed by atoms with Gasteiger partial charge in [-0.05, 0) is 37.0 Å². The molecule has 0 bridgehead atoms. The molecule has 0 aromatic heterocycles. The number of aliphatic hydroxyl groups is 1. The van der Waals surface area contributed by atoms with Gasteiger partial charge in [0.05, 0.1) is 6.61 Å². The average molecular weight is 194 g/mol. The first-order chi connectivity index (χ1) is 6.86. The molecule has 1 aromatic carbocycles. The van der Waals surface area contributed by atoms with Crippen LogP contribution >= 0.6 is 0 Å². The zero-order valence-corrected chi connectivity index (χ0v) is 8.70. The molecule has 2 nitrogen and oxygen atoms in total. The van der Waals surface area contributed by atoms with Crippen LogP contribution in [0.3, 0.4) is 0 Å². The molecule has 0 amide bonds. The van der Waals surface area contributed by atoms with Gasteiger partial charge in [-0.25, -0.2) is 0 Å². The van der Waals surface area contributed by atoms with Crippen molar-refractivity contribution in [1.82, 2.24) is 0 Å². The van der Waals surface area contributed by atoms with E-state index in [-0.39, 0.29) is 6.61 Å². The maximum Gasteiger partial charge on any atom is 0.119 e. The van der Waals surface area contributed by atoms with Crippen molar-refractivity contribution in [2.75, 3.05) is 13.2 Å². The summed E-state index contributed by atoms with van der Waals surface area (Å²) in [5, 5.41) is 8.67. The van der Waals surface area contributed by atoms with Gasteiger partial charge in [0, 0.05) is 6.61 Å². The van der Waals surface area contributed by atoms with E-state index in [9.17, 15) is 0 Å². The second kappa shape index (κ2) is 6.44. The molecule has 0 spiro atoms. The van der Waals surface area contributed by atoms with E-state index in [1.54, 1.807) is 0 Å². The summed E-state index contributed by atoms with van der Waals surface area (Å²) >= 11 is 0. The Balaban J connectivity index is 2.42. The molecule has 1 rings (SSSR count). The zero-order chi connectivity index (χ0) is 10.2. The van der Waals surface area contributed by atoms with Crippen molar-refractivity contribution in [2.24, 2.45) is 0 Å². The van der Waals surface area contributed by atoms with E-state index in [4.69, 9.17) is 9.84 Å². The van der Waals surface area contributed by atoms with Gasteiger partial charge >= 0.3 is 0 Å². The van der Waals surface area contributed by atoms with E-state index >= 15 is 0 Å². The van der Waals surface area contributed by atoms with E-state index in [1.807, 2.05) is 12.1 Å². The fourth-order valence-electron chi connectivity index (χ4n) is 1.26. The van der Waals surface area contributed by atoms with Crippen molar-refractivity contribution < 1.29 is 9.84 Å². The van der Waals surface area contributed by atoms with Crippen LogP contribution in [0.5, 0.6) is 5.75 Å². The molecule has 0 radical (unpaired) electrons. The molecule has 0 heterocycles. The molecular formula is C12H18O2. The van der Waals surface area contributed by atoms with Crippen molar-refractivity contribution in [1.29, 1.82) is 0 Å². The van der Waals surface area contributed by atoms with Gasteiger partial charge in [-0.15, -0.1) is 0 Å². The smallest absolute Gasteiger partial charge is 0.119 e. The van der Waals surface area contributed by atoms with Crippen molar-refractivity contribution >= 4 is 0 Å². The first-order valence-electron chi connectivity index (χ1n) is 5.19. The van der Waals surface area contributed by atoms with E-state index in [0.29, 0.717) is 0 Å². The lowest BCUT2D eigenvalue weighted by Crippen LogP contribution is -1.95. The van der Waals surface area contributed by atoms with Crippen LogP contribution in [0.25, 0.3) is 0 Å². The molecule has 0 unspecified atom stereocenters. The molecule has 0 saturated heterocycles. The number of aliphatic hydroxyl groups excluding tert-OH is 1. The highest BCUT2D eigenvalue weighted by Gasteiger charge is 1.94. The van der Waals surface area contributed by atoms with Crippen LogP contribution in [0.15, 0.2) is 24.3 Å². The van der Waals surface area contributed by atoms with Crippen molar-refractivity contribution in [2.45, 2.75) is 26.2 Å². The van der Waals surface area contributed by atoms with Gasteiger partial charge in [-0.1, -0.05) is 19.1 Å². The summed E-state index contributed by atoms with van der Waals surface area (Å²) < 4.78 is 5.47. The predicted octanol–water partition coefficient (Wildman–Crippen LogP) is 2.40. The lowest BCUT2D eigenvalue weighted by Gasteiger charge is -2.05. The number of hydrogen-bond acceptors (Lipinski definition) is 2. The zero-order valence-electron chi connectivity index (χ0n) is 8.70. The summed E-state index contributed by atoms with van der Waals surface area (Å²) in [6, 6.07) is 8.09. The van der Waals surface area contributed by atoms with Gasteiger partial charge in [0.25, 0.3) is 0 Å². The molecule has 78 valence electrons. The Morgan fingerprint density at radius 1 is 1.21 bits per heavy atom. The molecule has 0 aliphatic rings. The normalized spacial score (nSPS) is 10.1. The van der Waals surface area contributed by atoms with Crippen LogP contribution in [0.4, 0.5) is 0 Å². The third-order valence-electron chi connectivity index (χ3n) is 2.02. The second-order valence-corrected chi connectivity index (χ2v) is 3.32. The first kappa shape index (κ1) is 11.1. The van der Waals surface area contributed by atoms with Crippen LogP contribution < -0.4 is 4.74 Å². The Morgan fingerprint density at radius 3 is 2.50 bits per heavy atom. The molecular weight excluding hydrogens is 176 g/mol. The molecule has 0 aliphatic heterocycles. The van der Waals surface area contributed by atoms with Crippen LogP contribution in [0.2, 0.25) is 0 Å². The largest absolute Gasteiger partial charge is 0.494 e. The minimum absolute atomic E-state index is 0.258. The predicted molar refractivity (Wildman–Crippen MR) is 57.6 cm³/mol. The monoisotopic (exact) mass is 194 g/mol. The topological polar surface area (TPSA) is 29.5 Å². The molecule has 1 N–H and O–H groups in total. The molecule has 0 fully saturated rings. The summed E-state index contributed by atoms with van der Waals surface area (Å²) in [4.78, 5) is 0. The summed E-state index contributed by atoms with van der Waals surface area (Å²) in [6.07, 6.45) is 2.80. The van der Waals surface area contributed by atoms with Crippen molar-refractivity contribution in [3.05, 3.63) is 29.8 Å². The van der Waals surface area contributed by atoms with Gasteiger partial charge in [0.1, 0.15) is 5.75 Å². The maximum absolute atomic E-state index is 8.67. The highest BCUT2D eigenvalue weighted by atomic mass is 16.5. The lowest BCUT2D eigenvalue weighted by atomic mass is 10.1. The quantitative estimate of drug-likeness (QED) is 0.753. The van der Waals surface area contributed by atoms with E-state index < -0.39 is 0 Å². The second-order valence-electron chi connectivity index (χ2n) is 3.32. The highest BCUT2D eigenvalue weighted by molar-refractivity contribution is 5.27. The van der Waals surface area contributed by atoms with E-state index in [1.165, 1.54) is 5.56 Å². The third-order valence-corrected chi connectivity index (χ3v) is 2.02. The van der Waals surface area contributed by atoms with Crippen molar-refractivity contribution in [3.63, 3.8) is 0 Å². The number of rotatable bonds is 6. The highest BCUT2D eigenvalue weighted by Crippen LogP contribution is 2.13. The Labute approximate surface area is 85.5 Å². The molecule has 1 aromatic rings. The van der Waals surface area contributed by atoms with Crippen LogP contribution in [-0.4, -0.2) is 18.3 Å². The number of hydrogen-bond donors (Lipinski definition) is 1. The van der Waals surface area contributed by atoms with Crippen LogP contribution in [0.1, 0.15) is 25.3 Å². The lowest BCUT2D eigenvalue weighted by molar-refractivity contribution is 0.288. The Kier molecular flexibility index (Phi) is 5.08. The summed E-state index contributed by atoms with van der Waals surface area (Å²) in [7, 11) is 0. The minimum atomic E-state index is 0.258. The van der Waals surface area contributed by atoms with Gasteiger partial charge in [0.2, 0.25) is 0 Å². The standard InChI is InChI=1S/C12H18O2/c1-2-10-14-12-7-5-11(6-8-12)4-3-9-13/h5-8,13H,2-4,9-10H2,1H3. The first-order valence-corrected chi connectivity index (χ1v) is 5.19. The van der Waals surface area contributed by atoms with Gasteiger partial charge in [-0.3, -0.25) is 0 Å². The summed E-state index contributed by atoms with van der Waals surface area (Å²) in [5.41, 5.74) is 1.25. The van der Waals surface area contributed by atoms with E-state index in [0.717, 1.165) is 31.6 Å². The van der Waals surface area contributed by atoms with Crippen LogP contribution in [-0.2, 0) is 6.42 Å². The van der Waals surface area contributed by atoms with E-state index in [2.05, 4.69) is 19.1 Å². The summed E-state index contributed by atoms with van der Waals surface area (Å²) in [5.74, 6) is 0.930. The molecule has 14 heavy (non-hydrogen) atoms. The third kappa shape index (κ3) is 3.79. The summed E-state index contributed by atoms with van der Waals surface area (Å²) in [6.45, 7) is 3.12. The number of ether oxygens (including phenoxy) is 1. The number of aryl methyl sites for hydroxylation is 1. The fraction of sp³-hybridized carbons (Fsp3) is 0.500. The van der Waals surface area contributed by atoms with Gasteiger partial charge < -0.3 is 9.84 Å². The maximum atomic E-state index is 8.67. The Hall–Kier alpha value is -1.02. The molecule has 0 aliphatic carbocycles. The van der Waals surface area contributed by atoms with Crippen molar-refractivity contribution in [3.8, 4) is 5.75 Å². The van der Waals surface area contributed by atoms with Gasteiger partial charge in [0.15, 0.2) is 0 Å². The Morgan fingerprint density at radius 2 is 1.93 bits per heavy atom. The van der Waals surface area contributed by atoms with Gasteiger partial charge in [-0.2, -0.15) is 0 Å². The molecule has 0 saturated carbocycles. The minimum Gasteiger partial charge on any atom is -0.494 e. The SMILES string of the molecule is CCCOc1ccc(CCCO)cc1. The molecule has 0 atom stereocenters. The molecule has 2 heteroatoms. The Bertz CT molecular complexity index is 214.